The maximum atomic E-state index is 5.53. The lowest BCUT2D eigenvalue weighted by Gasteiger charge is -2.03. The van der Waals surface area contributed by atoms with Crippen LogP contribution in [0.15, 0.2) is 37.8 Å². The fourth-order valence-electron chi connectivity index (χ4n) is 1.82. The standard InChI is InChI=1S/C13H10Br2N2OS/c1-7-17-11-3-2-8(4-12(11)19-7)16-6-9-5-10(14)13(15)18-9/h2-5,16H,6H2,1H3. The van der Waals surface area contributed by atoms with Gasteiger partial charge in [0, 0.05) is 5.69 Å². The van der Waals surface area contributed by atoms with Gasteiger partial charge in [0.25, 0.3) is 0 Å². The summed E-state index contributed by atoms with van der Waals surface area (Å²) in [4.78, 5) is 4.45. The summed E-state index contributed by atoms with van der Waals surface area (Å²) in [6.45, 7) is 2.67. The Labute approximate surface area is 131 Å². The highest BCUT2D eigenvalue weighted by atomic mass is 79.9. The fourth-order valence-corrected chi connectivity index (χ4v) is 3.34. The first kappa shape index (κ1) is 13.1. The van der Waals surface area contributed by atoms with Crippen molar-refractivity contribution in [3.63, 3.8) is 0 Å². The van der Waals surface area contributed by atoms with Gasteiger partial charge in [-0.2, -0.15) is 0 Å². The first-order chi connectivity index (χ1) is 9.11. The van der Waals surface area contributed by atoms with Gasteiger partial charge in [-0.1, -0.05) is 0 Å². The van der Waals surface area contributed by atoms with Crippen LogP contribution in [0.25, 0.3) is 10.2 Å². The maximum absolute atomic E-state index is 5.53. The van der Waals surface area contributed by atoms with E-state index in [1.54, 1.807) is 11.3 Å². The van der Waals surface area contributed by atoms with E-state index in [-0.39, 0.29) is 0 Å². The Morgan fingerprint density at radius 2 is 2.16 bits per heavy atom. The van der Waals surface area contributed by atoms with E-state index in [9.17, 15) is 0 Å². The van der Waals surface area contributed by atoms with Crippen LogP contribution in [0.5, 0.6) is 0 Å². The van der Waals surface area contributed by atoms with Crippen molar-refractivity contribution in [1.82, 2.24) is 4.98 Å². The molecule has 0 spiro atoms. The molecule has 19 heavy (non-hydrogen) atoms. The molecule has 0 saturated carbocycles. The number of aryl methyl sites for hydroxylation is 1. The van der Waals surface area contributed by atoms with Crippen molar-refractivity contribution in [1.29, 1.82) is 0 Å². The van der Waals surface area contributed by atoms with Gasteiger partial charge >= 0.3 is 0 Å². The quantitative estimate of drug-likeness (QED) is 0.644. The van der Waals surface area contributed by atoms with Crippen LogP contribution in [0, 0.1) is 6.92 Å². The van der Waals surface area contributed by atoms with E-state index >= 15 is 0 Å². The Hall–Kier alpha value is -0.850. The molecule has 0 saturated heterocycles. The number of nitrogens with one attached hydrogen (secondary N) is 1. The van der Waals surface area contributed by atoms with E-state index in [2.05, 4.69) is 48.2 Å². The van der Waals surface area contributed by atoms with E-state index in [0.29, 0.717) is 6.54 Å². The Bertz CT molecular complexity index is 716. The minimum Gasteiger partial charge on any atom is -0.451 e. The largest absolute Gasteiger partial charge is 0.451 e. The zero-order valence-electron chi connectivity index (χ0n) is 10.0. The topological polar surface area (TPSA) is 38.1 Å². The number of fused-ring (bicyclic) bond motifs is 1. The van der Waals surface area contributed by atoms with E-state index in [1.807, 2.05) is 25.1 Å². The molecule has 0 unspecified atom stereocenters. The fraction of sp³-hybridized carbons (Fsp3) is 0.154. The number of hydrogen-bond acceptors (Lipinski definition) is 4. The predicted octanol–water partition coefficient (Wildman–Crippen LogP) is 5.33. The zero-order valence-corrected chi connectivity index (χ0v) is 14.0. The lowest BCUT2D eigenvalue weighted by Crippen LogP contribution is -1.97. The Morgan fingerprint density at radius 3 is 2.89 bits per heavy atom. The zero-order chi connectivity index (χ0) is 13.4. The number of rotatable bonds is 3. The molecule has 0 amide bonds. The molecule has 3 nitrogen and oxygen atoms in total. The van der Waals surface area contributed by atoms with Gasteiger partial charge in [-0.15, -0.1) is 11.3 Å². The Kier molecular flexibility index (Phi) is 3.64. The highest BCUT2D eigenvalue weighted by Gasteiger charge is 2.06. The number of halogens is 2. The van der Waals surface area contributed by atoms with E-state index in [1.165, 1.54) is 4.70 Å². The molecular formula is C13H10Br2N2OS. The van der Waals surface area contributed by atoms with Crippen LogP contribution >= 0.6 is 43.2 Å². The molecule has 1 aromatic carbocycles. The summed E-state index contributed by atoms with van der Waals surface area (Å²) in [5.41, 5.74) is 2.12. The van der Waals surface area contributed by atoms with Crippen LogP contribution in [-0.2, 0) is 6.54 Å². The SMILES string of the molecule is Cc1nc2ccc(NCc3cc(Br)c(Br)o3)cc2s1. The van der Waals surface area contributed by atoms with Crippen LogP contribution in [0.3, 0.4) is 0 Å². The molecule has 2 heterocycles. The number of benzene rings is 1. The van der Waals surface area contributed by atoms with Crippen molar-refractivity contribution in [2.75, 3.05) is 5.32 Å². The van der Waals surface area contributed by atoms with Crippen molar-refractivity contribution >= 4 is 59.1 Å². The first-order valence-electron chi connectivity index (χ1n) is 5.66. The van der Waals surface area contributed by atoms with Crippen molar-refractivity contribution < 1.29 is 4.42 Å². The highest BCUT2D eigenvalue weighted by Crippen LogP contribution is 2.28. The summed E-state index contributed by atoms with van der Waals surface area (Å²) >= 11 is 8.44. The van der Waals surface area contributed by atoms with Crippen LogP contribution < -0.4 is 5.32 Å². The average molecular weight is 402 g/mol. The first-order valence-corrected chi connectivity index (χ1v) is 8.07. The molecule has 1 N–H and O–H groups in total. The summed E-state index contributed by atoms with van der Waals surface area (Å²) in [7, 11) is 0. The van der Waals surface area contributed by atoms with Gasteiger partial charge in [0.05, 0.1) is 26.2 Å². The maximum Gasteiger partial charge on any atom is 0.183 e. The molecule has 3 rings (SSSR count). The van der Waals surface area contributed by atoms with Crippen LogP contribution in [0.4, 0.5) is 5.69 Å². The molecular weight excluding hydrogens is 392 g/mol. The van der Waals surface area contributed by atoms with Crippen molar-refractivity contribution in [3.8, 4) is 0 Å². The average Bonchev–Trinajstić information content (AvgIpc) is 2.88. The Balaban J connectivity index is 1.77. The summed E-state index contributed by atoms with van der Waals surface area (Å²) in [5.74, 6) is 0.874. The molecule has 0 fully saturated rings. The molecule has 0 bridgehead atoms. The van der Waals surface area contributed by atoms with Crippen molar-refractivity contribution in [2.45, 2.75) is 13.5 Å². The molecule has 3 aromatic rings. The minimum absolute atomic E-state index is 0.646. The van der Waals surface area contributed by atoms with Crippen molar-refractivity contribution in [2.24, 2.45) is 0 Å². The lowest BCUT2D eigenvalue weighted by molar-refractivity contribution is 0.494. The number of anilines is 1. The van der Waals surface area contributed by atoms with Crippen LogP contribution in [0.2, 0.25) is 0 Å². The van der Waals surface area contributed by atoms with Gasteiger partial charge in [-0.05, 0) is 63.0 Å². The molecule has 0 aliphatic carbocycles. The number of aromatic nitrogens is 1. The van der Waals surface area contributed by atoms with E-state index < -0.39 is 0 Å². The van der Waals surface area contributed by atoms with Gasteiger partial charge in [0.1, 0.15) is 5.76 Å². The third-order valence-corrected chi connectivity index (χ3v) is 5.30. The van der Waals surface area contributed by atoms with Gasteiger partial charge in [-0.3, -0.25) is 0 Å². The molecule has 6 heteroatoms. The number of nitrogens with zero attached hydrogens (tertiary/aromatic N) is 1. The summed E-state index contributed by atoms with van der Waals surface area (Å²) in [5, 5.41) is 4.44. The minimum atomic E-state index is 0.646. The van der Waals surface area contributed by atoms with Gasteiger partial charge in [0.2, 0.25) is 0 Å². The molecule has 0 atom stereocenters. The highest BCUT2D eigenvalue weighted by molar-refractivity contribution is 9.13. The summed E-state index contributed by atoms with van der Waals surface area (Å²) < 4.78 is 8.37. The van der Waals surface area contributed by atoms with Gasteiger partial charge in [0.15, 0.2) is 4.67 Å². The number of hydrogen-bond donors (Lipinski definition) is 1. The summed E-state index contributed by atoms with van der Waals surface area (Å²) in [6, 6.07) is 8.14. The second kappa shape index (κ2) is 5.26. The van der Waals surface area contributed by atoms with Crippen LogP contribution in [-0.4, -0.2) is 4.98 Å². The van der Waals surface area contributed by atoms with Crippen molar-refractivity contribution in [3.05, 3.63) is 44.2 Å². The van der Waals surface area contributed by atoms with E-state index in [4.69, 9.17) is 4.42 Å². The molecule has 0 aliphatic rings. The monoisotopic (exact) mass is 400 g/mol. The molecule has 0 radical (unpaired) electrons. The van der Waals surface area contributed by atoms with E-state index in [0.717, 1.165) is 31.1 Å². The number of thiazole rings is 1. The lowest BCUT2D eigenvalue weighted by atomic mass is 10.3. The third-order valence-electron chi connectivity index (χ3n) is 2.66. The van der Waals surface area contributed by atoms with Gasteiger partial charge in [-0.25, -0.2) is 4.98 Å². The molecule has 0 aliphatic heterocycles. The smallest absolute Gasteiger partial charge is 0.183 e. The normalized spacial score (nSPS) is 11.1. The molecule has 98 valence electrons. The third kappa shape index (κ3) is 2.85. The number of furan rings is 1. The second-order valence-corrected chi connectivity index (χ2v) is 6.91. The Morgan fingerprint density at radius 1 is 1.32 bits per heavy atom. The molecule has 2 aromatic heterocycles. The van der Waals surface area contributed by atoms with Crippen LogP contribution in [0.1, 0.15) is 10.8 Å². The van der Waals surface area contributed by atoms with Gasteiger partial charge < -0.3 is 9.73 Å². The predicted molar refractivity (Wildman–Crippen MR) is 85.8 cm³/mol. The second-order valence-electron chi connectivity index (χ2n) is 4.10. The summed E-state index contributed by atoms with van der Waals surface area (Å²) in [6.07, 6.45) is 0.